The third-order valence-corrected chi connectivity index (χ3v) is 2.93. The molecule has 1 fully saturated rings. The van der Waals surface area contributed by atoms with E-state index in [1.54, 1.807) is 6.92 Å². The Labute approximate surface area is 89.0 Å². The second-order valence-electron chi connectivity index (χ2n) is 4.01. The van der Waals surface area contributed by atoms with E-state index >= 15 is 0 Å². The minimum absolute atomic E-state index is 0.115. The Morgan fingerprint density at radius 2 is 2.20 bits per heavy atom. The topological polar surface area (TPSA) is 92.4 Å². The van der Waals surface area contributed by atoms with Gasteiger partial charge >= 0.3 is 5.97 Å². The Balaban J connectivity index is 2.50. The van der Waals surface area contributed by atoms with E-state index in [2.05, 4.69) is 5.32 Å². The Bertz CT molecular complexity index is 255. The second kappa shape index (κ2) is 5.11. The summed E-state index contributed by atoms with van der Waals surface area (Å²) >= 11 is 0. The smallest absolute Gasteiger partial charge is 0.326 e. The van der Waals surface area contributed by atoms with Crippen molar-refractivity contribution in [2.75, 3.05) is 0 Å². The molecule has 5 nitrogen and oxygen atoms in total. The minimum atomic E-state index is -0.989. The van der Waals surface area contributed by atoms with Crippen LogP contribution in [0.25, 0.3) is 0 Å². The lowest BCUT2D eigenvalue weighted by molar-refractivity contribution is -0.142. The summed E-state index contributed by atoms with van der Waals surface area (Å²) in [5.74, 6) is -1.41. The lowest BCUT2D eigenvalue weighted by Crippen LogP contribution is -2.46. The lowest BCUT2D eigenvalue weighted by Gasteiger charge is -2.18. The van der Waals surface area contributed by atoms with Gasteiger partial charge in [-0.3, -0.25) is 4.79 Å². The van der Waals surface area contributed by atoms with Gasteiger partial charge in [-0.1, -0.05) is 13.3 Å². The average molecular weight is 214 g/mol. The van der Waals surface area contributed by atoms with Crippen molar-refractivity contribution >= 4 is 11.9 Å². The van der Waals surface area contributed by atoms with Crippen LogP contribution in [-0.4, -0.2) is 29.1 Å². The lowest BCUT2D eigenvalue weighted by atomic mass is 10.0. The quantitative estimate of drug-likeness (QED) is 0.618. The van der Waals surface area contributed by atoms with Gasteiger partial charge in [0, 0.05) is 6.04 Å². The zero-order chi connectivity index (χ0) is 11.4. The van der Waals surface area contributed by atoms with E-state index in [4.69, 9.17) is 10.8 Å². The van der Waals surface area contributed by atoms with E-state index in [1.807, 2.05) is 0 Å². The van der Waals surface area contributed by atoms with Gasteiger partial charge in [-0.2, -0.15) is 0 Å². The maximum Gasteiger partial charge on any atom is 0.326 e. The first-order valence-electron chi connectivity index (χ1n) is 5.35. The van der Waals surface area contributed by atoms with Gasteiger partial charge in [0.15, 0.2) is 0 Å². The second-order valence-corrected chi connectivity index (χ2v) is 4.01. The van der Waals surface area contributed by atoms with Gasteiger partial charge in [0.25, 0.3) is 0 Å². The Morgan fingerprint density at radius 1 is 1.53 bits per heavy atom. The molecule has 0 aromatic rings. The van der Waals surface area contributed by atoms with Gasteiger partial charge in [0.1, 0.15) is 6.04 Å². The van der Waals surface area contributed by atoms with Crippen molar-refractivity contribution in [3.8, 4) is 0 Å². The van der Waals surface area contributed by atoms with Crippen LogP contribution in [-0.2, 0) is 9.59 Å². The van der Waals surface area contributed by atoms with Gasteiger partial charge in [-0.25, -0.2) is 4.79 Å². The highest BCUT2D eigenvalue weighted by atomic mass is 16.4. The van der Waals surface area contributed by atoms with E-state index in [1.165, 1.54) is 0 Å². The zero-order valence-corrected chi connectivity index (χ0v) is 8.90. The molecule has 0 aliphatic heterocycles. The fourth-order valence-electron chi connectivity index (χ4n) is 1.93. The van der Waals surface area contributed by atoms with Crippen LogP contribution in [0.4, 0.5) is 0 Å². The van der Waals surface area contributed by atoms with Gasteiger partial charge in [0.05, 0.1) is 5.92 Å². The highest BCUT2D eigenvalue weighted by Gasteiger charge is 2.32. The predicted octanol–water partition coefficient (Wildman–Crippen LogP) is 0.0932. The molecule has 2 unspecified atom stereocenters. The molecular weight excluding hydrogens is 196 g/mol. The molecule has 86 valence electrons. The van der Waals surface area contributed by atoms with Crippen molar-refractivity contribution in [2.24, 2.45) is 11.7 Å². The van der Waals surface area contributed by atoms with Crippen molar-refractivity contribution in [2.45, 2.75) is 44.7 Å². The fraction of sp³-hybridized carbons (Fsp3) is 0.800. The van der Waals surface area contributed by atoms with Crippen molar-refractivity contribution in [1.29, 1.82) is 0 Å². The van der Waals surface area contributed by atoms with Crippen LogP contribution in [0.2, 0.25) is 0 Å². The summed E-state index contributed by atoms with van der Waals surface area (Å²) in [6, 6.07) is -0.901. The average Bonchev–Trinajstić information content (AvgIpc) is 2.60. The van der Waals surface area contributed by atoms with Gasteiger partial charge < -0.3 is 16.2 Å². The number of nitrogens with one attached hydrogen (secondary N) is 1. The molecule has 0 aromatic heterocycles. The number of carbonyl (C=O) groups excluding carboxylic acids is 1. The third kappa shape index (κ3) is 2.92. The van der Waals surface area contributed by atoms with E-state index < -0.39 is 12.0 Å². The molecule has 0 bridgehead atoms. The Morgan fingerprint density at radius 3 is 2.60 bits per heavy atom. The number of rotatable bonds is 4. The summed E-state index contributed by atoms with van der Waals surface area (Å²) in [5, 5.41) is 11.3. The fourth-order valence-corrected chi connectivity index (χ4v) is 1.93. The van der Waals surface area contributed by atoms with Gasteiger partial charge in [-0.05, 0) is 19.3 Å². The predicted molar refractivity (Wildman–Crippen MR) is 55.2 cm³/mol. The summed E-state index contributed by atoms with van der Waals surface area (Å²) in [6.45, 7) is 1.73. The first-order valence-corrected chi connectivity index (χ1v) is 5.35. The summed E-state index contributed by atoms with van der Waals surface area (Å²) in [4.78, 5) is 22.4. The molecule has 0 spiro atoms. The van der Waals surface area contributed by atoms with Crippen LogP contribution in [0.3, 0.4) is 0 Å². The molecule has 0 heterocycles. The maximum absolute atomic E-state index is 11.7. The molecule has 4 N–H and O–H groups in total. The standard InChI is InChI=1S/C10H18N2O3/c1-2-8(10(14)15)12-9(13)6-4-3-5-7(6)11/h6-8H,2-5,11H2,1H3,(H,12,13)(H,14,15)/t6?,7?,8-/m1/s1. The van der Waals surface area contributed by atoms with Crippen molar-refractivity contribution in [1.82, 2.24) is 5.32 Å². The van der Waals surface area contributed by atoms with Crippen LogP contribution >= 0.6 is 0 Å². The molecule has 1 amide bonds. The van der Waals surface area contributed by atoms with E-state index in [0.717, 1.165) is 19.3 Å². The third-order valence-electron chi connectivity index (χ3n) is 2.93. The maximum atomic E-state index is 11.7. The summed E-state index contributed by atoms with van der Waals surface area (Å²) in [7, 11) is 0. The number of nitrogens with two attached hydrogens (primary N) is 1. The summed E-state index contributed by atoms with van der Waals surface area (Å²) in [5.41, 5.74) is 5.76. The number of aliphatic carboxylic acids is 1. The number of hydrogen-bond acceptors (Lipinski definition) is 3. The normalized spacial score (nSPS) is 27.3. The molecule has 1 aliphatic carbocycles. The minimum Gasteiger partial charge on any atom is -0.480 e. The first kappa shape index (κ1) is 12.0. The molecule has 0 aromatic carbocycles. The van der Waals surface area contributed by atoms with E-state index in [-0.39, 0.29) is 17.9 Å². The number of hydrogen-bond donors (Lipinski definition) is 3. The van der Waals surface area contributed by atoms with Crippen LogP contribution in [0, 0.1) is 5.92 Å². The molecular formula is C10H18N2O3. The van der Waals surface area contributed by atoms with Crippen molar-refractivity contribution in [3.63, 3.8) is 0 Å². The molecule has 15 heavy (non-hydrogen) atoms. The SMILES string of the molecule is CC[C@@H](NC(=O)C1CCCC1N)C(=O)O. The van der Waals surface area contributed by atoms with E-state index in [9.17, 15) is 9.59 Å². The van der Waals surface area contributed by atoms with Gasteiger partial charge in [0.2, 0.25) is 5.91 Å². The Hall–Kier alpha value is -1.10. The molecule has 1 aliphatic rings. The Kier molecular flexibility index (Phi) is 4.08. The highest BCUT2D eigenvalue weighted by Crippen LogP contribution is 2.24. The summed E-state index contributed by atoms with van der Waals surface area (Å²) < 4.78 is 0. The van der Waals surface area contributed by atoms with Crippen molar-refractivity contribution in [3.05, 3.63) is 0 Å². The number of carboxylic acid groups (broad SMARTS) is 1. The number of carboxylic acids is 1. The monoisotopic (exact) mass is 214 g/mol. The first-order chi connectivity index (χ1) is 7.06. The van der Waals surface area contributed by atoms with Crippen LogP contribution < -0.4 is 11.1 Å². The molecule has 5 heteroatoms. The van der Waals surface area contributed by atoms with Crippen LogP contribution in [0.5, 0.6) is 0 Å². The number of amides is 1. The molecule has 0 radical (unpaired) electrons. The highest BCUT2D eigenvalue weighted by molar-refractivity contribution is 5.85. The molecule has 1 saturated carbocycles. The largest absolute Gasteiger partial charge is 0.480 e. The van der Waals surface area contributed by atoms with Crippen LogP contribution in [0.15, 0.2) is 0 Å². The number of carbonyl (C=O) groups is 2. The molecule has 1 rings (SSSR count). The zero-order valence-electron chi connectivity index (χ0n) is 8.90. The van der Waals surface area contributed by atoms with E-state index in [0.29, 0.717) is 6.42 Å². The molecule has 0 saturated heterocycles. The van der Waals surface area contributed by atoms with Crippen molar-refractivity contribution < 1.29 is 14.7 Å². The molecule has 3 atom stereocenters. The summed E-state index contributed by atoms with van der Waals surface area (Å²) in [6.07, 6.45) is 2.96. The van der Waals surface area contributed by atoms with Crippen LogP contribution in [0.1, 0.15) is 32.6 Å². The van der Waals surface area contributed by atoms with Gasteiger partial charge in [-0.15, -0.1) is 0 Å².